The van der Waals surface area contributed by atoms with Gasteiger partial charge < -0.3 is 25.0 Å². The van der Waals surface area contributed by atoms with Crippen molar-refractivity contribution in [3.05, 3.63) is 53.6 Å². The number of ether oxygens (including phenoxy) is 2. The number of rotatable bonds is 5. The van der Waals surface area contributed by atoms with Crippen LogP contribution in [0.2, 0.25) is 0 Å². The van der Waals surface area contributed by atoms with Crippen molar-refractivity contribution < 1.29 is 14.3 Å². The Morgan fingerprint density at radius 1 is 1.21 bits per heavy atom. The second-order valence-corrected chi connectivity index (χ2v) is 6.91. The fraction of sp³-hybridized carbons (Fsp3) is 0.364. The van der Waals surface area contributed by atoms with Crippen LogP contribution in [0.4, 0.5) is 5.69 Å². The van der Waals surface area contributed by atoms with Crippen molar-refractivity contribution in [1.29, 1.82) is 0 Å². The van der Waals surface area contributed by atoms with E-state index in [0.717, 1.165) is 43.3 Å². The molecular formula is C22H26N4O3. The van der Waals surface area contributed by atoms with Crippen molar-refractivity contribution in [2.75, 3.05) is 45.9 Å². The predicted octanol–water partition coefficient (Wildman–Crippen LogP) is 2.54. The van der Waals surface area contributed by atoms with E-state index in [1.165, 1.54) is 0 Å². The zero-order valence-corrected chi connectivity index (χ0v) is 16.6. The highest BCUT2D eigenvalue weighted by atomic mass is 16.5. The average Bonchev–Trinajstić information content (AvgIpc) is 2.93. The molecule has 0 bridgehead atoms. The van der Waals surface area contributed by atoms with E-state index in [1.54, 1.807) is 12.1 Å². The second kappa shape index (κ2) is 9.07. The molecule has 2 aromatic rings. The number of para-hydroxylation sites is 1. The van der Waals surface area contributed by atoms with Crippen LogP contribution in [0, 0.1) is 0 Å². The minimum Gasteiger partial charge on any atom is -0.454 e. The van der Waals surface area contributed by atoms with Gasteiger partial charge >= 0.3 is 0 Å². The largest absolute Gasteiger partial charge is 0.454 e. The molecule has 2 N–H and O–H groups in total. The lowest BCUT2D eigenvalue weighted by Crippen LogP contribution is -2.46. The molecule has 0 aliphatic carbocycles. The van der Waals surface area contributed by atoms with Gasteiger partial charge in [-0.15, -0.1) is 0 Å². The molecule has 152 valence electrons. The molecule has 2 aliphatic heterocycles. The number of hydrogen-bond acceptors (Lipinski definition) is 6. The molecule has 1 amide bonds. The lowest BCUT2D eigenvalue weighted by molar-refractivity contribution is 0.0922. The summed E-state index contributed by atoms with van der Waals surface area (Å²) in [4.78, 5) is 19.7. The first-order chi connectivity index (χ1) is 14.3. The van der Waals surface area contributed by atoms with Crippen LogP contribution < -0.4 is 15.4 Å². The van der Waals surface area contributed by atoms with Gasteiger partial charge in [0.2, 0.25) is 0 Å². The SMILES string of the molecule is CCOCCNC(=O)c1ccc2c(c1)N=C(N1CCNCC1)c1ccccc1O2. The van der Waals surface area contributed by atoms with Gasteiger partial charge in [-0.25, -0.2) is 4.99 Å². The van der Waals surface area contributed by atoms with Crippen LogP contribution in [0.15, 0.2) is 47.5 Å². The molecule has 0 spiro atoms. The van der Waals surface area contributed by atoms with Crippen LogP contribution in [-0.4, -0.2) is 62.6 Å². The van der Waals surface area contributed by atoms with Gasteiger partial charge in [-0.05, 0) is 37.3 Å². The van der Waals surface area contributed by atoms with Crippen LogP contribution in [0.25, 0.3) is 0 Å². The third-order valence-corrected chi connectivity index (χ3v) is 4.95. The van der Waals surface area contributed by atoms with Crippen molar-refractivity contribution in [2.24, 2.45) is 4.99 Å². The normalized spacial score (nSPS) is 15.5. The Bertz CT molecular complexity index is 907. The third-order valence-electron chi connectivity index (χ3n) is 4.95. The first-order valence-corrected chi connectivity index (χ1v) is 10.1. The number of benzene rings is 2. The summed E-state index contributed by atoms with van der Waals surface area (Å²) in [5.41, 5.74) is 2.18. The van der Waals surface area contributed by atoms with Crippen molar-refractivity contribution in [3.63, 3.8) is 0 Å². The summed E-state index contributed by atoms with van der Waals surface area (Å²) in [5.74, 6) is 2.16. The minimum atomic E-state index is -0.145. The topological polar surface area (TPSA) is 75.2 Å². The van der Waals surface area contributed by atoms with Gasteiger partial charge in [0, 0.05) is 44.9 Å². The molecule has 0 atom stereocenters. The van der Waals surface area contributed by atoms with Gasteiger partial charge in [-0.3, -0.25) is 4.79 Å². The fourth-order valence-corrected chi connectivity index (χ4v) is 3.47. The number of amidine groups is 1. The molecule has 0 aromatic heterocycles. The Hall–Kier alpha value is -2.90. The summed E-state index contributed by atoms with van der Waals surface area (Å²) in [6.07, 6.45) is 0. The number of nitrogens with one attached hydrogen (secondary N) is 2. The Morgan fingerprint density at radius 3 is 2.86 bits per heavy atom. The van der Waals surface area contributed by atoms with Gasteiger partial charge in [0.25, 0.3) is 5.91 Å². The number of fused-ring (bicyclic) bond motifs is 2. The first kappa shape index (κ1) is 19.4. The van der Waals surface area contributed by atoms with E-state index in [2.05, 4.69) is 15.5 Å². The minimum absolute atomic E-state index is 0.145. The lowest BCUT2D eigenvalue weighted by atomic mass is 10.1. The van der Waals surface area contributed by atoms with Crippen LogP contribution in [0.5, 0.6) is 11.5 Å². The third kappa shape index (κ3) is 4.41. The number of nitrogens with zero attached hydrogens (tertiary/aromatic N) is 2. The predicted molar refractivity (Wildman–Crippen MR) is 112 cm³/mol. The summed E-state index contributed by atoms with van der Waals surface area (Å²) >= 11 is 0. The number of hydrogen-bond donors (Lipinski definition) is 2. The van der Waals surface area contributed by atoms with E-state index in [0.29, 0.717) is 36.8 Å². The van der Waals surface area contributed by atoms with E-state index in [1.807, 2.05) is 37.3 Å². The number of piperazine rings is 1. The molecular weight excluding hydrogens is 368 g/mol. The second-order valence-electron chi connectivity index (χ2n) is 6.91. The number of aliphatic imine (C=N–C) groups is 1. The molecule has 1 fully saturated rings. The summed E-state index contributed by atoms with van der Waals surface area (Å²) < 4.78 is 11.4. The number of carbonyl (C=O) groups excluding carboxylic acids is 1. The molecule has 0 unspecified atom stereocenters. The van der Waals surface area contributed by atoms with Gasteiger partial charge in [-0.2, -0.15) is 0 Å². The Morgan fingerprint density at radius 2 is 2.03 bits per heavy atom. The Balaban J connectivity index is 1.65. The van der Waals surface area contributed by atoms with Crippen molar-refractivity contribution in [1.82, 2.24) is 15.5 Å². The van der Waals surface area contributed by atoms with E-state index in [4.69, 9.17) is 14.5 Å². The Kier molecular flexibility index (Phi) is 6.07. The molecule has 2 aromatic carbocycles. The molecule has 0 radical (unpaired) electrons. The van der Waals surface area contributed by atoms with E-state index in [-0.39, 0.29) is 5.91 Å². The van der Waals surface area contributed by atoms with Crippen molar-refractivity contribution >= 4 is 17.4 Å². The number of amides is 1. The average molecular weight is 394 g/mol. The maximum absolute atomic E-state index is 12.5. The Labute approximate surface area is 170 Å². The summed E-state index contributed by atoms with van der Waals surface area (Å²) in [5, 5.41) is 6.25. The van der Waals surface area contributed by atoms with Crippen LogP contribution in [0.1, 0.15) is 22.8 Å². The fourth-order valence-electron chi connectivity index (χ4n) is 3.47. The monoisotopic (exact) mass is 394 g/mol. The molecule has 1 saturated heterocycles. The maximum Gasteiger partial charge on any atom is 0.251 e. The number of carbonyl (C=O) groups is 1. The molecule has 29 heavy (non-hydrogen) atoms. The zero-order valence-electron chi connectivity index (χ0n) is 16.6. The molecule has 2 aliphatic rings. The van der Waals surface area contributed by atoms with Gasteiger partial charge in [0.15, 0.2) is 5.75 Å². The van der Waals surface area contributed by atoms with Crippen molar-refractivity contribution in [2.45, 2.75) is 6.92 Å². The van der Waals surface area contributed by atoms with E-state index in [9.17, 15) is 4.79 Å². The van der Waals surface area contributed by atoms with E-state index < -0.39 is 0 Å². The molecule has 4 rings (SSSR count). The molecule has 2 heterocycles. The van der Waals surface area contributed by atoms with E-state index >= 15 is 0 Å². The lowest BCUT2D eigenvalue weighted by Gasteiger charge is -2.30. The standard InChI is InChI=1S/C22H26N4O3/c1-2-28-14-11-24-22(27)16-7-8-20-18(15-16)25-21(26-12-9-23-10-13-26)17-5-3-4-6-19(17)29-20/h3-8,15,23H,2,9-14H2,1H3,(H,24,27). The summed E-state index contributed by atoms with van der Waals surface area (Å²) in [6.45, 7) is 7.11. The van der Waals surface area contributed by atoms with Crippen LogP contribution in [-0.2, 0) is 4.74 Å². The van der Waals surface area contributed by atoms with Crippen LogP contribution >= 0.6 is 0 Å². The quantitative estimate of drug-likeness (QED) is 0.763. The smallest absolute Gasteiger partial charge is 0.251 e. The highest BCUT2D eigenvalue weighted by Crippen LogP contribution is 2.38. The van der Waals surface area contributed by atoms with Crippen LogP contribution in [0.3, 0.4) is 0 Å². The van der Waals surface area contributed by atoms with Gasteiger partial charge in [-0.1, -0.05) is 12.1 Å². The maximum atomic E-state index is 12.5. The molecule has 7 heteroatoms. The first-order valence-electron chi connectivity index (χ1n) is 10.1. The molecule has 7 nitrogen and oxygen atoms in total. The van der Waals surface area contributed by atoms with Gasteiger partial charge in [0.05, 0.1) is 12.2 Å². The zero-order chi connectivity index (χ0) is 20.1. The summed E-state index contributed by atoms with van der Waals surface area (Å²) in [7, 11) is 0. The van der Waals surface area contributed by atoms with Crippen molar-refractivity contribution in [3.8, 4) is 11.5 Å². The highest BCUT2D eigenvalue weighted by molar-refractivity contribution is 6.04. The van der Waals surface area contributed by atoms with Gasteiger partial charge in [0.1, 0.15) is 17.3 Å². The molecule has 0 saturated carbocycles. The summed E-state index contributed by atoms with van der Waals surface area (Å²) in [6, 6.07) is 13.3. The highest BCUT2D eigenvalue weighted by Gasteiger charge is 2.24.